The summed E-state index contributed by atoms with van der Waals surface area (Å²) in [6, 6.07) is 2.78. The monoisotopic (exact) mass is 242 g/mol. The van der Waals surface area contributed by atoms with Gasteiger partial charge in [0.15, 0.2) is 11.6 Å². The zero-order chi connectivity index (χ0) is 13.1. The first-order chi connectivity index (χ1) is 7.89. The summed E-state index contributed by atoms with van der Waals surface area (Å²) in [4.78, 5) is 0. The van der Waals surface area contributed by atoms with Crippen molar-refractivity contribution in [2.24, 2.45) is 0 Å². The van der Waals surface area contributed by atoms with Crippen LogP contribution in [0.4, 0.5) is 15.8 Å². The lowest BCUT2D eigenvalue weighted by atomic mass is 10.1. The molecule has 0 aromatic heterocycles. The molecule has 0 radical (unpaired) electrons. The molecule has 1 aromatic carbocycles. The molecule has 17 heavy (non-hydrogen) atoms. The molecule has 4 nitrogen and oxygen atoms in total. The number of hydrogen-bond donors (Lipinski definition) is 2. The fraction of sp³-hybridized carbons (Fsp3) is 0.500. The summed E-state index contributed by atoms with van der Waals surface area (Å²) < 4.78 is 23.4. The number of methoxy groups -OCH3 is 2. The van der Waals surface area contributed by atoms with Crippen LogP contribution in [0.5, 0.6) is 5.75 Å². The van der Waals surface area contributed by atoms with E-state index in [4.69, 9.17) is 15.2 Å². The molecule has 5 heteroatoms. The highest BCUT2D eigenvalue weighted by Crippen LogP contribution is 2.30. The Kier molecular flexibility index (Phi) is 4.17. The predicted molar refractivity (Wildman–Crippen MR) is 66.9 cm³/mol. The first kappa shape index (κ1) is 13.6. The van der Waals surface area contributed by atoms with Crippen molar-refractivity contribution < 1.29 is 13.9 Å². The number of hydrogen-bond acceptors (Lipinski definition) is 4. The number of benzene rings is 1. The summed E-state index contributed by atoms with van der Waals surface area (Å²) in [5.74, 6) is -0.310. The van der Waals surface area contributed by atoms with Crippen LogP contribution in [0.2, 0.25) is 0 Å². The third-order valence-electron chi connectivity index (χ3n) is 2.30. The van der Waals surface area contributed by atoms with Crippen molar-refractivity contribution in [1.29, 1.82) is 0 Å². The second-order valence-electron chi connectivity index (χ2n) is 4.52. The molecule has 1 aromatic rings. The van der Waals surface area contributed by atoms with Crippen molar-refractivity contribution in [3.05, 3.63) is 17.9 Å². The zero-order valence-electron chi connectivity index (χ0n) is 10.6. The number of anilines is 2. The van der Waals surface area contributed by atoms with Gasteiger partial charge in [0.1, 0.15) is 0 Å². The molecule has 0 saturated carbocycles. The van der Waals surface area contributed by atoms with Gasteiger partial charge in [-0.1, -0.05) is 0 Å². The molecular weight excluding hydrogens is 223 g/mol. The quantitative estimate of drug-likeness (QED) is 0.778. The van der Waals surface area contributed by atoms with Crippen LogP contribution in [0.25, 0.3) is 0 Å². The largest absolute Gasteiger partial charge is 0.494 e. The Labute approximate surface area is 101 Å². The van der Waals surface area contributed by atoms with Crippen molar-refractivity contribution in [2.75, 3.05) is 31.9 Å². The standard InChI is InChI=1S/C12H19FN2O2/c1-12(2,7-16-3)15-10-6-11(17-4)8(13)5-9(10)14/h5-6,15H,7,14H2,1-4H3. The molecule has 0 saturated heterocycles. The summed E-state index contributed by atoms with van der Waals surface area (Å²) in [7, 11) is 3.04. The van der Waals surface area contributed by atoms with Gasteiger partial charge in [-0.3, -0.25) is 0 Å². The van der Waals surface area contributed by atoms with Crippen molar-refractivity contribution in [2.45, 2.75) is 19.4 Å². The zero-order valence-corrected chi connectivity index (χ0v) is 10.6. The molecule has 0 atom stereocenters. The molecule has 0 fully saturated rings. The molecule has 0 aliphatic heterocycles. The van der Waals surface area contributed by atoms with Crippen LogP contribution in [0.1, 0.15) is 13.8 Å². The van der Waals surface area contributed by atoms with Crippen LogP contribution in [-0.4, -0.2) is 26.4 Å². The Hall–Kier alpha value is -1.49. The maximum atomic E-state index is 13.4. The first-order valence-corrected chi connectivity index (χ1v) is 5.30. The maximum absolute atomic E-state index is 13.4. The van der Waals surface area contributed by atoms with E-state index in [2.05, 4.69) is 5.32 Å². The van der Waals surface area contributed by atoms with Crippen molar-refractivity contribution in [3.8, 4) is 5.75 Å². The third-order valence-corrected chi connectivity index (χ3v) is 2.30. The number of nitrogens with one attached hydrogen (secondary N) is 1. The molecule has 0 aliphatic carbocycles. The molecule has 3 N–H and O–H groups in total. The number of halogens is 1. The van der Waals surface area contributed by atoms with E-state index in [1.807, 2.05) is 13.8 Å². The number of nitrogen functional groups attached to an aromatic ring is 1. The van der Waals surface area contributed by atoms with E-state index >= 15 is 0 Å². The fourth-order valence-corrected chi connectivity index (χ4v) is 1.59. The van der Waals surface area contributed by atoms with Gasteiger partial charge in [-0.05, 0) is 13.8 Å². The molecule has 96 valence electrons. The Morgan fingerprint density at radius 1 is 1.35 bits per heavy atom. The lowest BCUT2D eigenvalue weighted by Gasteiger charge is -2.27. The molecular formula is C12H19FN2O2. The lowest BCUT2D eigenvalue weighted by molar-refractivity contribution is 0.158. The van der Waals surface area contributed by atoms with Gasteiger partial charge in [-0.15, -0.1) is 0 Å². The van der Waals surface area contributed by atoms with Crippen LogP contribution in [0, 0.1) is 5.82 Å². The smallest absolute Gasteiger partial charge is 0.167 e. The van der Waals surface area contributed by atoms with Gasteiger partial charge < -0.3 is 20.5 Å². The van der Waals surface area contributed by atoms with Crippen LogP contribution < -0.4 is 15.8 Å². The molecule has 0 spiro atoms. The number of rotatable bonds is 5. The Bertz CT molecular complexity index is 394. The van der Waals surface area contributed by atoms with E-state index in [0.29, 0.717) is 18.0 Å². The van der Waals surface area contributed by atoms with Crippen LogP contribution in [0.15, 0.2) is 12.1 Å². The SMILES string of the molecule is COCC(C)(C)Nc1cc(OC)c(F)cc1N. The fourth-order valence-electron chi connectivity index (χ4n) is 1.59. The molecule has 0 bridgehead atoms. The average molecular weight is 242 g/mol. The van der Waals surface area contributed by atoms with Gasteiger partial charge >= 0.3 is 0 Å². The molecule has 0 aliphatic rings. The number of nitrogens with two attached hydrogens (primary N) is 1. The van der Waals surface area contributed by atoms with Crippen LogP contribution in [0.3, 0.4) is 0 Å². The van der Waals surface area contributed by atoms with E-state index in [9.17, 15) is 4.39 Å². The summed E-state index contributed by atoms with van der Waals surface area (Å²) in [6.07, 6.45) is 0. The maximum Gasteiger partial charge on any atom is 0.167 e. The molecule has 1 rings (SSSR count). The predicted octanol–water partition coefficient (Wildman–Crippen LogP) is 2.25. The van der Waals surface area contributed by atoms with E-state index in [1.54, 1.807) is 13.2 Å². The highest BCUT2D eigenvalue weighted by molar-refractivity contribution is 5.69. The Morgan fingerprint density at radius 3 is 2.53 bits per heavy atom. The van der Waals surface area contributed by atoms with Crippen LogP contribution in [-0.2, 0) is 4.74 Å². The van der Waals surface area contributed by atoms with Crippen LogP contribution >= 0.6 is 0 Å². The lowest BCUT2D eigenvalue weighted by Crippen LogP contribution is -2.36. The number of ether oxygens (including phenoxy) is 2. The minimum Gasteiger partial charge on any atom is -0.494 e. The topological polar surface area (TPSA) is 56.5 Å². The van der Waals surface area contributed by atoms with Crippen molar-refractivity contribution >= 4 is 11.4 Å². The molecule has 0 unspecified atom stereocenters. The normalized spacial score (nSPS) is 11.4. The Morgan fingerprint density at radius 2 is 2.00 bits per heavy atom. The van der Waals surface area contributed by atoms with E-state index in [-0.39, 0.29) is 11.3 Å². The summed E-state index contributed by atoms with van der Waals surface area (Å²) in [5, 5.41) is 3.19. The van der Waals surface area contributed by atoms with Crippen molar-refractivity contribution in [1.82, 2.24) is 0 Å². The third kappa shape index (κ3) is 3.49. The second kappa shape index (κ2) is 5.23. The summed E-state index contributed by atoms with van der Waals surface area (Å²) >= 11 is 0. The molecule has 0 amide bonds. The Balaban J connectivity index is 2.98. The average Bonchev–Trinajstić information content (AvgIpc) is 2.21. The van der Waals surface area contributed by atoms with Gasteiger partial charge in [0, 0.05) is 19.2 Å². The highest BCUT2D eigenvalue weighted by atomic mass is 19.1. The second-order valence-corrected chi connectivity index (χ2v) is 4.52. The van der Waals surface area contributed by atoms with Gasteiger partial charge in [0.25, 0.3) is 0 Å². The molecule has 0 heterocycles. The summed E-state index contributed by atoms with van der Waals surface area (Å²) in [5.41, 5.74) is 6.42. The van der Waals surface area contributed by atoms with Gasteiger partial charge in [-0.2, -0.15) is 0 Å². The first-order valence-electron chi connectivity index (χ1n) is 5.30. The van der Waals surface area contributed by atoms with E-state index < -0.39 is 5.82 Å². The minimum absolute atomic E-state index is 0.162. The van der Waals surface area contributed by atoms with E-state index in [1.165, 1.54) is 13.2 Å². The van der Waals surface area contributed by atoms with E-state index in [0.717, 1.165) is 0 Å². The minimum atomic E-state index is -0.472. The van der Waals surface area contributed by atoms with Gasteiger partial charge in [-0.25, -0.2) is 4.39 Å². The van der Waals surface area contributed by atoms with Crippen molar-refractivity contribution in [3.63, 3.8) is 0 Å². The van der Waals surface area contributed by atoms with Gasteiger partial charge in [0.2, 0.25) is 0 Å². The highest BCUT2D eigenvalue weighted by Gasteiger charge is 2.19. The van der Waals surface area contributed by atoms with Gasteiger partial charge in [0.05, 0.1) is 30.6 Å². The summed E-state index contributed by atoms with van der Waals surface area (Å²) in [6.45, 7) is 4.43.